The molecule has 1 atom stereocenters. The predicted octanol–water partition coefficient (Wildman–Crippen LogP) is 4.56. The standard InChI is InChI=1S/C17H14N2OS2/c1-12-18-19-17(21-12)22-16(14-10-6-3-7-11-14)15(20)13-8-4-2-5-9-13/h2-11,16H,1H3. The molecule has 0 amide bonds. The van der Waals surface area contributed by atoms with Crippen LogP contribution in [0.3, 0.4) is 0 Å². The van der Waals surface area contributed by atoms with E-state index in [4.69, 9.17) is 0 Å². The molecule has 3 rings (SSSR count). The summed E-state index contributed by atoms with van der Waals surface area (Å²) < 4.78 is 0.815. The molecule has 1 aromatic heterocycles. The molecule has 0 aliphatic rings. The number of Topliss-reactive ketones (excluding diaryl/α,β-unsaturated/α-hetero) is 1. The van der Waals surface area contributed by atoms with Gasteiger partial charge < -0.3 is 0 Å². The highest BCUT2D eigenvalue weighted by Gasteiger charge is 2.24. The second kappa shape index (κ2) is 6.85. The minimum atomic E-state index is -0.309. The first-order valence-electron chi connectivity index (χ1n) is 6.85. The van der Waals surface area contributed by atoms with Crippen LogP contribution in [0, 0.1) is 6.92 Å². The summed E-state index contributed by atoms with van der Waals surface area (Å²) in [5.74, 6) is 0.0876. The average molecular weight is 326 g/mol. The lowest BCUT2D eigenvalue weighted by molar-refractivity contribution is 0.0989. The Bertz CT molecular complexity index is 757. The molecular weight excluding hydrogens is 312 g/mol. The van der Waals surface area contributed by atoms with E-state index in [0.29, 0.717) is 5.56 Å². The molecule has 2 aromatic carbocycles. The second-order valence-corrected chi connectivity index (χ2v) is 7.26. The molecule has 1 unspecified atom stereocenters. The molecular formula is C17H14N2OS2. The third-order valence-electron chi connectivity index (χ3n) is 3.12. The SMILES string of the molecule is Cc1nnc(SC(C(=O)c2ccccc2)c2ccccc2)s1. The van der Waals surface area contributed by atoms with Crippen LogP contribution >= 0.6 is 23.1 Å². The van der Waals surface area contributed by atoms with Crippen LogP contribution in [0.5, 0.6) is 0 Å². The van der Waals surface area contributed by atoms with Gasteiger partial charge in [0, 0.05) is 5.56 Å². The van der Waals surface area contributed by atoms with E-state index < -0.39 is 0 Å². The third-order valence-corrected chi connectivity index (χ3v) is 5.30. The Balaban J connectivity index is 1.94. The van der Waals surface area contributed by atoms with Crippen molar-refractivity contribution in [1.29, 1.82) is 0 Å². The summed E-state index contributed by atoms with van der Waals surface area (Å²) in [6.07, 6.45) is 0. The summed E-state index contributed by atoms with van der Waals surface area (Å²) in [6.45, 7) is 1.91. The lowest BCUT2D eigenvalue weighted by atomic mass is 10.0. The molecule has 22 heavy (non-hydrogen) atoms. The molecule has 0 bridgehead atoms. The zero-order chi connectivity index (χ0) is 15.4. The predicted molar refractivity (Wildman–Crippen MR) is 90.5 cm³/mol. The van der Waals surface area contributed by atoms with Gasteiger partial charge in [0.1, 0.15) is 5.01 Å². The Hall–Kier alpha value is -1.98. The molecule has 0 aliphatic carbocycles. The van der Waals surface area contributed by atoms with Crippen molar-refractivity contribution in [3.63, 3.8) is 0 Å². The van der Waals surface area contributed by atoms with Crippen molar-refractivity contribution in [2.45, 2.75) is 16.5 Å². The number of aromatic nitrogens is 2. The summed E-state index contributed by atoms with van der Waals surface area (Å²) >= 11 is 2.97. The molecule has 0 N–H and O–H groups in total. The van der Waals surface area contributed by atoms with Crippen LogP contribution in [0.25, 0.3) is 0 Å². The Morgan fingerprint density at radius 1 is 1.00 bits per heavy atom. The Labute approximate surface area is 137 Å². The lowest BCUT2D eigenvalue weighted by Crippen LogP contribution is -2.09. The molecule has 0 aliphatic heterocycles. The summed E-state index contributed by atoms with van der Waals surface area (Å²) in [4.78, 5) is 12.9. The maximum absolute atomic E-state index is 12.9. The topological polar surface area (TPSA) is 42.9 Å². The van der Waals surface area contributed by atoms with Gasteiger partial charge in [-0.25, -0.2) is 0 Å². The van der Waals surface area contributed by atoms with Crippen molar-refractivity contribution in [2.24, 2.45) is 0 Å². The van der Waals surface area contributed by atoms with E-state index in [0.717, 1.165) is 14.9 Å². The fourth-order valence-corrected chi connectivity index (χ4v) is 4.17. The molecule has 5 heteroatoms. The van der Waals surface area contributed by atoms with Crippen LogP contribution in [-0.2, 0) is 0 Å². The number of rotatable bonds is 5. The maximum Gasteiger partial charge on any atom is 0.180 e. The van der Waals surface area contributed by atoms with Gasteiger partial charge in [0.15, 0.2) is 10.1 Å². The normalized spacial score (nSPS) is 12.0. The van der Waals surface area contributed by atoms with Gasteiger partial charge in [0.2, 0.25) is 0 Å². The highest BCUT2D eigenvalue weighted by molar-refractivity contribution is 8.01. The van der Waals surface area contributed by atoms with Crippen LogP contribution in [0.4, 0.5) is 0 Å². The second-order valence-electron chi connectivity index (χ2n) is 4.73. The van der Waals surface area contributed by atoms with Gasteiger partial charge in [0.25, 0.3) is 0 Å². The van der Waals surface area contributed by atoms with Crippen LogP contribution in [0.2, 0.25) is 0 Å². The Kier molecular flexibility index (Phi) is 4.65. The first-order chi connectivity index (χ1) is 10.7. The number of carbonyl (C=O) groups is 1. The lowest BCUT2D eigenvalue weighted by Gasteiger charge is -2.14. The number of aryl methyl sites for hydroxylation is 1. The first-order valence-corrected chi connectivity index (χ1v) is 8.54. The van der Waals surface area contributed by atoms with Crippen molar-refractivity contribution < 1.29 is 4.79 Å². The number of carbonyl (C=O) groups excluding carboxylic acids is 1. The van der Waals surface area contributed by atoms with Crippen molar-refractivity contribution in [3.05, 3.63) is 76.8 Å². The van der Waals surface area contributed by atoms with Gasteiger partial charge >= 0.3 is 0 Å². The van der Waals surface area contributed by atoms with E-state index in [2.05, 4.69) is 10.2 Å². The maximum atomic E-state index is 12.9. The molecule has 3 aromatic rings. The van der Waals surface area contributed by atoms with Gasteiger partial charge in [-0.2, -0.15) is 0 Å². The fourth-order valence-electron chi connectivity index (χ4n) is 2.08. The van der Waals surface area contributed by atoms with Gasteiger partial charge in [0.05, 0.1) is 5.25 Å². The van der Waals surface area contributed by atoms with Crippen molar-refractivity contribution in [1.82, 2.24) is 10.2 Å². The van der Waals surface area contributed by atoms with E-state index in [-0.39, 0.29) is 11.0 Å². The summed E-state index contributed by atoms with van der Waals surface area (Å²) in [7, 11) is 0. The summed E-state index contributed by atoms with van der Waals surface area (Å²) in [5.41, 5.74) is 1.69. The van der Waals surface area contributed by atoms with E-state index in [1.807, 2.05) is 67.6 Å². The number of hydrogen-bond acceptors (Lipinski definition) is 5. The third kappa shape index (κ3) is 3.43. The smallest absolute Gasteiger partial charge is 0.180 e. The molecule has 110 valence electrons. The molecule has 0 radical (unpaired) electrons. The summed E-state index contributed by atoms with van der Waals surface area (Å²) in [6, 6.07) is 19.2. The zero-order valence-corrected chi connectivity index (χ0v) is 13.6. The van der Waals surface area contributed by atoms with Crippen LogP contribution in [0.1, 0.15) is 26.2 Å². The number of thioether (sulfide) groups is 1. The van der Waals surface area contributed by atoms with Gasteiger partial charge in [-0.15, -0.1) is 10.2 Å². The molecule has 0 saturated heterocycles. The number of benzene rings is 2. The molecule has 1 heterocycles. The molecule has 0 fully saturated rings. The van der Waals surface area contributed by atoms with E-state index in [1.165, 1.54) is 23.1 Å². The zero-order valence-electron chi connectivity index (χ0n) is 12.0. The number of hydrogen-bond donors (Lipinski definition) is 0. The Morgan fingerprint density at radius 2 is 1.64 bits per heavy atom. The van der Waals surface area contributed by atoms with E-state index >= 15 is 0 Å². The number of nitrogens with zero attached hydrogens (tertiary/aromatic N) is 2. The molecule has 0 saturated carbocycles. The van der Waals surface area contributed by atoms with E-state index in [9.17, 15) is 4.79 Å². The number of ketones is 1. The van der Waals surface area contributed by atoms with E-state index in [1.54, 1.807) is 0 Å². The van der Waals surface area contributed by atoms with Crippen LogP contribution in [-0.4, -0.2) is 16.0 Å². The van der Waals surface area contributed by atoms with Crippen molar-refractivity contribution in [2.75, 3.05) is 0 Å². The highest BCUT2D eigenvalue weighted by atomic mass is 32.2. The average Bonchev–Trinajstić information content (AvgIpc) is 2.99. The van der Waals surface area contributed by atoms with Gasteiger partial charge in [-0.3, -0.25) is 4.79 Å². The monoisotopic (exact) mass is 326 g/mol. The van der Waals surface area contributed by atoms with Crippen molar-refractivity contribution in [3.8, 4) is 0 Å². The molecule has 0 spiro atoms. The minimum absolute atomic E-state index is 0.0876. The first kappa shape index (κ1) is 14.9. The van der Waals surface area contributed by atoms with Crippen LogP contribution < -0.4 is 0 Å². The van der Waals surface area contributed by atoms with Gasteiger partial charge in [-0.05, 0) is 12.5 Å². The van der Waals surface area contributed by atoms with Crippen molar-refractivity contribution >= 4 is 28.9 Å². The highest BCUT2D eigenvalue weighted by Crippen LogP contribution is 2.38. The molecule has 3 nitrogen and oxygen atoms in total. The minimum Gasteiger partial charge on any atom is -0.293 e. The summed E-state index contributed by atoms with van der Waals surface area (Å²) in [5, 5.41) is 8.76. The largest absolute Gasteiger partial charge is 0.293 e. The Morgan fingerprint density at radius 3 is 2.23 bits per heavy atom. The van der Waals surface area contributed by atoms with Crippen LogP contribution in [0.15, 0.2) is 65.0 Å². The quantitative estimate of drug-likeness (QED) is 0.509. The van der Waals surface area contributed by atoms with Gasteiger partial charge in [-0.1, -0.05) is 83.8 Å². The fraction of sp³-hybridized carbons (Fsp3) is 0.118.